The van der Waals surface area contributed by atoms with Crippen LogP contribution >= 0.6 is 11.6 Å². The van der Waals surface area contributed by atoms with Crippen molar-refractivity contribution in [2.45, 2.75) is 31.7 Å². The molecule has 1 aliphatic rings. The van der Waals surface area contributed by atoms with Crippen molar-refractivity contribution in [2.75, 3.05) is 6.54 Å². The Morgan fingerprint density at radius 2 is 1.92 bits per heavy atom. The first-order chi connectivity index (χ1) is 11.6. The van der Waals surface area contributed by atoms with E-state index in [4.69, 9.17) is 11.6 Å². The van der Waals surface area contributed by atoms with E-state index in [-0.39, 0.29) is 13.1 Å². The van der Waals surface area contributed by atoms with Crippen LogP contribution in [0.3, 0.4) is 0 Å². The zero-order chi connectivity index (χ0) is 18.4. The van der Waals surface area contributed by atoms with Crippen molar-refractivity contribution in [2.24, 2.45) is 0 Å². The highest BCUT2D eigenvalue weighted by Crippen LogP contribution is 2.33. The molecular weight excluding hydrogens is 359 g/mol. The summed E-state index contributed by atoms with van der Waals surface area (Å²) in [5, 5.41) is 14.6. The Hall–Kier alpha value is -2.06. The summed E-state index contributed by atoms with van der Waals surface area (Å²) in [5.41, 5.74) is -1.30. The fraction of sp³-hybridized carbons (Fsp3) is 0.375. The van der Waals surface area contributed by atoms with Crippen LogP contribution in [0.2, 0.25) is 5.02 Å². The van der Waals surface area contributed by atoms with Gasteiger partial charge in [0.1, 0.15) is 0 Å². The van der Waals surface area contributed by atoms with Gasteiger partial charge in [0.2, 0.25) is 5.60 Å². The Balaban J connectivity index is 1.82. The van der Waals surface area contributed by atoms with Crippen molar-refractivity contribution in [3.05, 3.63) is 46.7 Å². The van der Waals surface area contributed by atoms with Crippen molar-refractivity contribution in [1.29, 1.82) is 0 Å². The lowest BCUT2D eigenvalue weighted by Crippen LogP contribution is -2.56. The van der Waals surface area contributed by atoms with E-state index in [0.717, 1.165) is 10.6 Å². The van der Waals surface area contributed by atoms with Crippen LogP contribution in [0.5, 0.6) is 0 Å². The molecular formula is C16H15ClF3N3O2. The first-order valence-electron chi connectivity index (χ1n) is 7.51. The van der Waals surface area contributed by atoms with Gasteiger partial charge in [-0.25, -0.2) is 4.68 Å². The number of carbonyl (C=O) groups is 1. The van der Waals surface area contributed by atoms with Gasteiger partial charge >= 0.3 is 6.18 Å². The third-order valence-electron chi connectivity index (χ3n) is 4.20. The summed E-state index contributed by atoms with van der Waals surface area (Å²) < 4.78 is 40.2. The maximum atomic E-state index is 12.9. The van der Waals surface area contributed by atoms with Gasteiger partial charge in [-0.2, -0.15) is 18.3 Å². The number of carbonyl (C=O) groups excluding carboxylic acids is 1. The van der Waals surface area contributed by atoms with Crippen molar-refractivity contribution in [3.8, 4) is 5.69 Å². The van der Waals surface area contributed by atoms with Crippen LogP contribution in [-0.2, 0) is 17.8 Å². The molecule has 1 atom stereocenters. The second-order valence-corrected chi connectivity index (χ2v) is 6.51. The van der Waals surface area contributed by atoms with Crippen LogP contribution < -0.4 is 0 Å². The Morgan fingerprint density at radius 3 is 2.52 bits per heavy atom. The number of hydrogen-bond acceptors (Lipinski definition) is 3. The van der Waals surface area contributed by atoms with Crippen LogP contribution in [0.25, 0.3) is 5.69 Å². The van der Waals surface area contributed by atoms with Gasteiger partial charge in [0.25, 0.3) is 5.91 Å². The Bertz CT molecular complexity index is 800. The van der Waals surface area contributed by atoms with E-state index < -0.39 is 17.7 Å². The number of halogens is 4. The molecule has 1 amide bonds. The maximum absolute atomic E-state index is 12.9. The van der Waals surface area contributed by atoms with Gasteiger partial charge in [-0.05, 0) is 31.2 Å². The van der Waals surface area contributed by atoms with E-state index in [1.54, 1.807) is 35.1 Å². The first kappa shape index (κ1) is 17.8. The number of aromatic nitrogens is 2. The quantitative estimate of drug-likeness (QED) is 0.880. The molecule has 1 N–H and O–H groups in total. The summed E-state index contributed by atoms with van der Waals surface area (Å²) in [6.07, 6.45) is -3.05. The van der Waals surface area contributed by atoms with Crippen molar-refractivity contribution < 1.29 is 23.1 Å². The molecule has 9 heteroatoms. The molecule has 0 saturated carbocycles. The van der Waals surface area contributed by atoms with Crippen molar-refractivity contribution in [3.63, 3.8) is 0 Å². The van der Waals surface area contributed by atoms with E-state index in [2.05, 4.69) is 5.10 Å². The second kappa shape index (κ2) is 6.03. The largest absolute Gasteiger partial charge is 0.426 e. The smallest absolute Gasteiger partial charge is 0.373 e. The zero-order valence-corrected chi connectivity index (χ0v) is 14.0. The van der Waals surface area contributed by atoms with E-state index in [1.165, 1.54) is 0 Å². The number of alkyl halides is 3. The summed E-state index contributed by atoms with van der Waals surface area (Å²) in [5.74, 6) is -1.36. The summed E-state index contributed by atoms with van der Waals surface area (Å²) in [6.45, 7) is 0.506. The molecule has 1 aromatic carbocycles. The number of hydrogen-bond donors (Lipinski definition) is 1. The summed E-state index contributed by atoms with van der Waals surface area (Å²) in [7, 11) is 0. The third kappa shape index (κ3) is 3.23. The highest BCUT2D eigenvalue weighted by atomic mass is 35.5. The number of rotatable bonds is 2. The molecule has 1 aromatic heterocycles. The molecule has 1 unspecified atom stereocenters. The van der Waals surface area contributed by atoms with Gasteiger partial charge in [-0.15, -0.1) is 0 Å². The molecule has 2 aromatic rings. The number of aliphatic hydroxyl groups is 1. The molecule has 3 rings (SSSR count). The van der Waals surface area contributed by atoms with Crippen molar-refractivity contribution in [1.82, 2.24) is 14.7 Å². The van der Waals surface area contributed by atoms with Gasteiger partial charge in [0, 0.05) is 36.3 Å². The molecule has 0 bridgehead atoms. The van der Waals surface area contributed by atoms with Crippen LogP contribution in [0.15, 0.2) is 30.5 Å². The molecule has 5 nitrogen and oxygen atoms in total. The third-order valence-corrected chi connectivity index (χ3v) is 4.46. The fourth-order valence-electron chi connectivity index (χ4n) is 2.64. The molecule has 0 aliphatic carbocycles. The maximum Gasteiger partial charge on any atom is 0.426 e. The predicted molar refractivity (Wildman–Crippen MR) is 84.4 cm³/mol. The molecule has 0 fully saturated rings. The summed E-state index contributed by atoms with van der Waals surface area (Å²) >= 11 is 5.84. The zero-order valence-electron chi connectivity index (χ0n) is 13.2. The van der Waals surface area contributed by atoms with Crippen LogP contribution in [0, 0.1) is 0 Å². The van der Waals surface area contributed by atoms with Crippen LogP contribution in [0.4, 0.5) is 13.2 Å². The summed E-state index contributed by atoms with van der Waals surface area (Å²) in [6, 6.07) is 6.93. The SMILES string of the molecule is CC(O)(C(=O)N1CCc2nn(-c3ccc(Cl)cc3)cc2C1)C(F)(F)F. The minimum Gasteiger partial charge on any atom is -0.373 e. The summed E-state index contributed by atoms with van der Waals surface area (Å²) in [4.78, 5) is 13.1. The lowest BCUT2D eigenvalue weighted by atomic mass is 10.0. The number of nitrogens with zero attached hydrogens (tertiary/aromatic N) is 3. The number of amides is 1. The number of benzene rings is 1. The lowest BCUT2D eigenvalue weighted by Gasteiger charge is -2.33. The molecule has 134 valence electrons. The molecule has 2 heterocycles. The predicted octanol–water partition coefficient (Wildman–Crippen LogP) is 2.72. The standard InChI is InChI=1S/C16H15ClF3N3O2/c1-15(25,16(18,19)20)14(24)22-7-6-13-10(8-22)9-23(21-13)12-4-2-11(17)3-5-12/h2-5,9,25H,6-8H2,1H3. The molecule has 0 saturated heterocycles. The fourth-order valence-corrected chi connectivity index (χ4v) is 2.77. The van der Waals surface area contributed by atoms with Gasteiger partial charge in [-0.3, -0.25) is 4.79 Å². The van der Waals surface area contributed by atoms with Gasteiger partial charge < -0.3 is 10.0 Å². The Labute approximate surface area is 146 Å². The normalized spacial score (nSPS) is 17.1. The average Bonchev–Trinajstić information content (AvgIpc) is 2.96. The Morgan fingerprint density at radius 1 is 1.28 bits per heavy atom. The average molecular weight is 374 g/mol. The highest BCUT2D eigenvalue weighted by Gasteiger charge is 2.57. The topological polar surface area (TPSA) is 58.4 Å². The van der Waals surface area contributed by atoms with E-state index in [9.17, 15) is 23.1 Å². The van der Waals surface area contributed by atoms with Crippen LogP contribution in [-0.4, -0.2) is 44.0 Å². The molecule has 25 heavy (non-hydrogen) atoms. The Kier molecular flexibility index (Phi) is 4.28. The molecule has 0 radical (unpaired) electrons. The van der Waals surface area contributed by atoms with E-state index in [1.807, 2.05) is 0 Å². The monoisotopic (exact) mass is 373 g/mol. The van der Waals surface area contributed by atoms with Gasteiger partial charge in [-0.1, -0.05) is 11.6 Å². The minimum atomic E-state index is -5.03. The van der Waals surface area contributed by atoms with Gasteiger partial charge in [0.05, 0.1) is 11.4 Å². The van der Waals surface area contributed by atoms with Crippen LogP contribution in [0.1, 0.15) is 18.2 Å². The molecule has 1 aliphatic heterocycles. The van der Waals surface area contributed by atoms with Crippen molar-refractivity contribution >= 4 is 17.5 Å². The second-order valence-electron chi connectivity index (χ2n) is 6.07. The molecule has 0 spiro atoms. The highest BCUT2D eigenvalue weighted by molar-refractivity contribution is 6.30. The number of fused-ring (bicyclic) bond motifs is 1. The van der Waals surface area contributed by atoms with E-state index >= 15 is 0 Å². The first-order valence-corrected chi connectivity index (χ1v) is 7.89. The minimum absolute atomic E-state index is 0.0337. The lowest BCUT2D eigenvalue weighted by molar-refractivity contribution is -0.250. The van der Waals surface area contributed by atoms with E-state index in [0.29, 0.717) is 29.6 Å². The van der Waals surface area contributed by atoms with Gasteiger partial charge in [0.15, 0.2) is 0 Å².